The van der Waals surface area contributed by atoms with Crippen LogP contribution in [0.1, 0.15) is 105 Å². The van der Waals surface area contributed by atoms with Crippen molar-refractivity contribution in [2.45, 2.75) is 173 Å². The van der Waals surface area contributed by atoms with E-state index < -0.39 is 85.0 Å². The molecule has 4 aliphatic carbocycles. The molecular weight excluding hydrogens is 747 g/mol. The summed E-state index contributed by atoms with van der Waals surface area (Å²) in [7, 11) is -5.17. The van der Waals surface area contributed by atoms with Crippen molar-refractivity contribution < 1.29 is 96.3 Å². The Morgan fingerprint density at radius 2 is 1.53 bits per heavy atom. The van der Waals surface area contributed by atoms with Gasteiger partial charge in [0.25, 0.3) is 0 Å². The van der Waals surface area contributed by atoms with Gasteiger partial charge in [-0.05, 0) is 97.7 Å². The summed E-state index contributed by atoms with van der Waals surface area (Å²) in [4.78, 5) is 0. The molecule has 14 nitrogen and oxygen atoms in total. The van der Waals surface area contributed by atoms with E-state index in [0.717, 1.165) is 42.9 Å². The number of hydrogen-bond donors (Lipinski definition) is 6. The van der Waals surface area contributed by atoms with Crippen LogP contribution in [0.3, 0.4) is 0 Å². The van der Waals surface area contributed by atoms with E-state index in [1.54, 1.807) is 0 Å². The Morgan fingerprint density at radius 3 is 2.20 bits per heavy atom. The Kier molecular flexibility index (Phi) is 15.5. The molecule has 0 unspecified atom stereocenters. The average Bonchev–Trinajstić information content (AvgIpc) is 3.47. The second-order valence-electron chi connectivity index (χ2n) is 18.3. The molecule has 0 radical (unpaired) electrons. The van der Waals surface area contributed by atoms with E-state index in [0.29, 0.717) is 23.7 Å². The van der Waals surface area contributed by atoms with Crippen molar-refractivity contribution in [2.24, 2.45) is 46.3 Å². The van der Waals surface area contributed by atoms with Crippen LogP contribution in [0.5, 0.6) is 0 Å². The molecule has 16 heteroatoms. The minimum Gasteiger partial charge on any atom is -0.726 e. The number of ether oxygens (including phenoxy) is 4. The van der Waals surface area contributed by atoms with E-state index >= 15 is 0 Å². The van der Waals surface area contributed by atoms with Gasteiger partial charge < -0.3 is 54.1 Å². The van der Waals surface area contributed by atoms with Gasteiger partial charge in [-0.15, -0.1) is 0 Å². The van der Waals surface area contributed by atoms with Crippen LogP contribution < -0.4 is 29.6 Å². The molecule has 0 aromatic heterocycles. The maximum absolute atomic E-state index is 11.2. The van der Waals surface area contributed by atoms with Gasteiger partial charge >= 0.3 is 29.6 Å². The molecule has 0 amide bonds. The molecule has 312 valence electrons. The number of hydrogen-bond acceptors (Lipinski definition) is 14. The first-order valence-corrected chi connectivity index (χ1v) is 21.6. The molecule has 18 atom stereocenters. The van der Waals surface area contributed by atoms with Gasteiger partial charge in [-0.3, -0.25) is 4.18 Å². The SMILES string of the molecule is CC(C)CCC[C@@H](C)[C@H]1CC[C@H]2[C@@H]3CC=C4C[C@@H](O[C@@H]5O[C@H](CO)[C@@H](O[C@@H]6O[C@H](COS(=O)(=O)[O-])[C@@H](O)[C@H](O)[C@H]6O)[C@H](O)[C@H]5O)CC[C@]4(C)[C@H]3CC[C@]12C.[Na+]. The molecule has 6 rings (SSSR count). The maximum Gasteiger partial charge on any atom is 1.00 e. The van der Waals surface area contributed by atoms with Gasteiger partial charge in [0.05, 0.1) is 19.3 Å². The standard InChI is InChI=1S/C39H66O14S.Na/c1-20(2)7-6-8-21(3)25-11-12-26-24-10-9-22-17-23(13-15-38(22,4)27(24)14-16-39(25,26)5)50-36-34(45)32(43)35(28(18-40)51-36)53-37-33(44)31(42)30(41)29(52-37)19-49-54(46,47)48;/h9,20-21,23-37,40-45H,6-8,10-19H2,1-5H3,(H,46,47,48);/q;+1/p-1/t21-,23+,24+,25-,26+,27+,28-,29-,30-,31+,32-,33-,34-,35-,36-,37+,38+,39-;/m1./s1. The number of aliphatic hydroxyl groups excluding tert-OH is 6. The van der Waals surface area contributed by atoms with Crippen molar-refractivity contribution in [1.29, 1.82) is 0 Å². The minimum absolute atomic E-state index is 0. The normalized spacial score (nSPS) is 46.6. The van der Waals surface area contributed by atoms with Gasteiger partial charge in [0.15, 0.2) is 12.6 Å². The summed E-state index contributed by atoms with van der Waals surface area (Å²) < 4.78 is 60.3. The second-order valence-corrected chi connectivity index (χ2v) is 19.4. The van der Waals surface area contributed by atoms with Crippen LogP contribution in [-0.2, 0) is 33.5 Å². The largest absolute Gasteiger partial charge is 1.00 e. The molecule has 2 saturated heterocycles. The van der Waals surface area contributed by atoms with Gasteiger partial charge in [-0.25, -0.2) is 8.42 Å². The first kappa shape index (κ1) is 46.3. The monoisotopic (exact) mass is 812 g/mol. The van der Waals surface area contributed by atoms with Crippen molar-refractivity contribution in [3.05, 3.63) is 11.6 Å². The van der Waals surface area contributed by atoms with Gasteiger partial charge in [-0.1, -0.05) is 65.5 Å². The number of aliphatic hydroxyl groups is 6. The van der Waals surface area contributed by atoms with E-state index in [4.69, 9.17) is 18.9 Å². The van der Waals surface area contributed by atoms with E-state index in [9.17, 15) is 43.6 Å². The Labute approximate surface area is 348 Å². The molecule has 0 aromatic carbocycles. The van der Waals surface area contributed by atoms with Crippen LogP contribution >= 0.6 is 0 Å². The molecule has 3 saturated carbocycles. The Bertz CT molecular complexity index is 1420. The molecule has 0 bridgehead atoms. The van der Waals surface area contributed by atoms with Crippen LogP contribution in [-0.4, -0.2) is 124 Å². The van der Waals surface area contributed by atoms with Crippen molar-refractivity contribution in [1.82, 2.24) is 0 Å². The van der Waals surface area contributed by atoms with Gasteiger partial charge in [0.1, 0.15) is 48.8 Å². The summed E-state index contributed by atoms with van der Waals surface area (Å²) in [5.41, 5.74) is 1.86. The third-order valence-electron chi connectivity index (χ3n) is 14.7. The molecule has 5 fully saturated rings. The number of fused-ring (bicyclic) bond motifs is 5. The summed E-state index contributed by atoms with van der Waals surface area (Å²) in [5, 5.41) is 63.6. The first-order valence-electron chi connectivity index (χ1n) is 20.3. The summed E-state index contributed by atoms with van der Waals surface area (Å²) in [6, 6.07) is 0. The van der Waals surface area contributed by atoms with Crippen molar-refractivity contribution >= 4 is 10.4 Å². The molecule has 0 spiro atoms. The predicted molar refractivity (Wildman–Crippen MR) is 193 cm³/mol. The quantitative estimate of drug-likeness (QED) is 0.0599. The summed E-state index contributed by atoms with van der Waals surface area (Å²) in [5.74, 6) is 4.36. The topological polar surface area (TPSA) is 225 Å². The van der Waals surface area contributed by atoms with E-state index in [2.05, 4.69) is 44.9 Å². The Hall–Kier alpha value is 0.210. The average molecular weight is 813 g/mol. The fourth-order valence-corrected chi connectivity index (χ4v) is 12.1. The van der Waals surface area contributed by atoms with Crippen LogP contribution in [0.15, 0.2) is 11.6 Å². The third-order valence-corrected chi connectivity index (χ3v) is 15.2. The Morgan fingerprint density at radius 1 is 0.855 bits per heavy atom. The minimum atomic E-state index is -5.17. The second kappa shape index (κ2) is 18.4. The van der Waals surface area contributed by atoms with Gasteiger partial charge in [0, 0.05) is 0 Å². The molecule has 6 N–H and O–H groups in total. The van der Waals surface area contributed by atoms with Gasteiger partial charge in [0.2, 0.25) is 10.4 Å². The van der Waals surface area contributed by atoms with E-state index in [-0.39, 0.29) is 41.1 Å². The Balaban J connectivity index is 0.00000580. The number of rotatable bonds is 13. The molecule has 6 aliphatic rings. The predicted octanol–water partition coefficient (Wildman–Crippen LogP) is -0.474. The van der Waals surface area contributed by atoms with Crippen LogP contribution in [0.2, 0.25) is 0 Å². The van der Waals surface area contributed by atoms with E-state index in [1.807, 2.05) is 0 Å². The van der Waals surface area contributed by atoms with Crippen molar-refractivity contribution in [3.8, 4) is 0 Å². The summed E-state index contributed by atoms with van der Waals surface area (Å²) >= 11 is 0. The molecule has 2 heterocycles. The van der Waals surface area contributed by atoms with Crippen molar-refractivity contribution in [2.75, 3.05) is 13.2 Å². The van der Waals surface area contributed by atoms with Crippen LogP contribution in [0, 0.1) is 46.3 Å². The molecule has 2 aliphatic heterocycles. The molecule has 55 heavy (non-hydrogen) atoms. The first-order chi connectivity index (χ1) is 25.4. The zero-order valence-electron chi connectivity index (χ0n) is 33.4. The van der Waals surface area contributed by atoms with E-state index in [1.165, 1.54) is 50.5 Å². The maximum atomic E-state index is 11.2. The number of allylic oxidation sites excluding steroid dienone is 1. The molecular formula is C39H65NaO14S. The fourth-order valence-electron chi connectivity index (χ4n) is 11.8. The molecule has 0 aromatic rings. The summed E-state index contributed by atoms with van der Waals surface area (Å²) in [6.45, 7) is 10.5. The fraction of sp³-hybridized carbons (Fsp3) is 0.949. The summed E-state index contributed by atoms with van der Waals surface area (Å²) in [6.07, 6.45) is -1.72. The van der Waals surface area contributed by atoms with Crippen LogP contribution in [0.25, 0.3) is 0 Å². The van der Waals surface area contributed by atoms with Crippen molar-refractivity contribution in [3.63, 3.8) is 0 Å². The van der Waals surface area contributed by atoms with Gasteiger partial charge in [-0.2, -0.15) is 0 Å². The zero-order valence-corrected chi connectivity index (χ0v) is 36.3. The zero-order chi connectivity index (χ0) is 39.3. The van der Waals surface area contributed by atoms with Crippen LogP contribution in [0.4, 0.5) is 0 Å². The third kappa shape index (κ3) is 9.58. The smallest absolute Gasteiger partial charge is 0.726 e.